The Labute approximate surface area is 199 Å². The molecular formula is C28H34F3NO2. The summed E-state index contributed by atoms with van der Waals surface area (Å²) in [6, 6.07) is 5.35. The first kappa shape index (κ1) is 23.8. The van der Waals surface area contributed by atoms with E-state index in [0.29, 0.717) is 24.3 Å². The van der Waals surface area contributed by atoms with Crippen LogP contribution in [0.3, 0.4) is 0 Å². The second kappa shape index (κ2) is 8.06. The fraction of sp³-hybridized carbons (Fsp3) is 0.607. The van der Waals surface area contributed by atoms with Gasteiger partial charge in [-0.1, -0.05) is 45.7 Å². The van der Waals surface area contributed by atoms with E-state index in [1.807, 2.05) is 6.92 Å². The number of halogens is 3. The quantitative estimate of drug-likeness (QED) is 0.502. The molecule has 34 heavy (non-hydrogen) atoms. The molecule has 1 N–H and O–H groups in total. The van der Waals surface area contributed by atoms with Crippen LogP contribution in [0.2, 0.25) is 0 Å². The first-order valence-electron chi connectivity index (χ1n) is 12.5. The summed E-state index contributed by atoms with van der Waals surface area (Å²) in [5.74, 6) is 0.320. The number of nitrogens with zero attached hydrogens (tertiary/aromatic N) is 1. The molecule has 1 aliphatic heterocycles. The van der Waals surface area contributed by atoms with E-state index in [0.717, 1.165) is 66.8 Å². The van der Waals surface area contributed by atoms with Gasteiger partial charge < -0.3 is 9.84 Å². The predicted molar refractivity (Wildman–Crippen MR) is 125 cm³/mol. The Morgan fingerprint density at radius 2 is 1.68 bits per heavy atom. The molecule has 2 aromatic rings. The molecule has 0 amide bonds. The monoisotopic (exact) mass is 473 g/mol. The van der Waals surface area contributed by atoms with Crippen molar-refractivity contribution in [3.05, 3.63) is 63.5 Å². The molecule has 3 aliphatic rings. The second-order valence-corrected chi connectivity index (χ2v) is 11.4. The number of aliphatic hydroxyl groups excluding tert-OH is 1. The average Bonchev–Trinajstić information content (AvgIpc) is 3.38. The van der Waals surface area contributed by atoms with Crippen LogP contribution in [0.15, 0.2) is 24.3 Å². The molecule has 1 saturated carbocycles. The van der Waals surface area contributed by atoms with Gasteiger partial charge in [-0.3, -0.25) is 4.98 Å². The number of aromatic nitrogens is 1. The Bertz CT molecular complexity index is 1090. The van der Waals surface area contributed by atoms with Crippen LogP contribution < -0.4 is 0 Å². The number of ether oxygens (including phenoxy) is 1. The first-order valence-corrected chi connectivity index (χ1v) is 12.5. The van der Waals surface area contributed by atoms with Gasteiger partial charge in [0.05, 0.1) is 17.4 Å². The van der Waals surface area contributed by atoms with E-state index in [2.05, 4.69) is 20.8 Å². The molecule has 0 bridgehead atoms. The summed E-state index contributed by atoms with van der Waals surface area (Å²) < 4.78 is 46.3. The molecule has 5 rings (SSSR count). The van der Waals surface area contributed by atoms with Gasteiger partial charge in [-0.05, 0) is 73.6 Å². The minimum Gasteiger partial charge on any atom is -0.388 e. The normalized spacial score (nSPS) is 28.7. The summed E-state index contributed by atoms with van der Waals surface area (Å²) in [7, 11) is 0. The van der Waals surface area contributed by atoms with Crippen molar-refractivity contribution >= 4 is 0 Å². The zero-order valence-electron chi connectivity index (χ0n) is 20.4. The van der Waals surface area contributed by atoms with E-state index < -0.39 is 29.5 Å². The fourth-order valence-corrected chi connectivity index (χ4v) is 6.37. The van der Waals surface area contributed by atoms with Crippen molar-refractivity contribution < 1.29 is 23.0 Å². The Hall–Kier alpha value is -1.92. The predicted octanol–water partition coefficient (Wildman–Crippen LogP) is 7.51. The van der Waals surface area contributed by atoms with Gasteiger partial charge in [-0.15, -0.1) is 0 Å². The lowest BCUT2D eigenvalue weighted by Gasteiger charge is -2.37. The lowest BCUT2D eigenvalue weighted by atomic mass is 9.70. The summed E-state index contributed by atoms with van der Waals surface area (Å²) in [4.78, 5) is 5.16. The third kappa shape index (κ3) is 3.87. The third-order valence-electron chi connectivity index (χ3n) is 8.24. The number of hydrogen-bond donors (Lipinski definition) is 1. The molecule has 1 aromatic heterocycles. The van der Waals surface area contributed by atoms with Crippen LogP contribution in [0.4, 0.5) is 13.2 Å². The molecule has 2 aliphatic carbocycles. The zero-order chi connectivity index (χ0) is 24.5. The highest BCUT2D eigenvalue weighted by atomic mass is 19.4. The molecule has 3 nitrogen and oxygen atoms in total. The van der Waals surface area contributed by atoms with Crippen LogP contribution in [0.1, 0.15) is 124 Å². The van der Waals surface area contributed by atoms with Gasteiger partial charge in [0, 0.05) is 16.8 Å². The van der Waals surface area contributed by atoms with E-state index in [-0.39, 0.29) is 5.41 Å². The van der Waals surface area contributed by atoms with Gasteiger partial charge in [0.15, 0.2) is 0 Å². The van der Waals surface area contributed by atoms with Gasteiger partial charge >= 0.3 is 6.18 Å². The highest BCUT2D eigenvalue weighted by Crippen LogP contribution is 2.55. The van der Waals surface area contributed by atoms with E-state index in [1.165, 1.54) is 17.7 Å². The van der Waals surface area contributed by atoms with Crippen LogP contribution in [0.5, 0.6) is 0 Å². The number of pyridine rings is 1. The van der Waals surface area contributed by atoms with Crippen LogP contribution in [0.25, 0.3) is 0 Å². The Morgan fingerprint density at radius 1 is 1.03 bits per heavy atom. The van der Waals surface area contributed by atoms with Crippen LogP contribution in [-0.4, -0.2) is 10.1 Å². The number of aliphatic hydroxyl groups is 1. The molecule has 2 heterocycles. The summed E-state index contributed by atoms with van der Waals surface area (Å²) in [6.07, 6.45) is 1.14. The van der Waals surface area contributed by atoms with Crippen molar-refractivity contribution in [2.45, 2.75) is 103 Å². The van der Waals surface area contributed by atoms with Gasteiger partial charge in [0.2, 0.25) is 0 Å². The SMILES string of the molecule is CCC1(C)OC(c2ccc(C(F)(F)F)cc2)c2c1nc1c(c2C2CCCC2)C(O)CC(C)(C)C1. The largest absolute Gasteiger partial charge is 0.416 e. The maximum atomic E-state index is 13.2. The molecule has 3 atom stereocenters. The van der Waals surface area contributed by atoms with Crippen LogP contribution >= 0.6 is 0 Å². The van der Waals surface area contributed by atoms with Crippen LogP contribution in [-0.2, 0) is 22.9 Å². The Kier molecular flexibility index (Phi) is 5.64. The summed E-state index contributed by atoms with van der Waals surface area (Å²) >= 11 is 0. The van der Waals surface area contributed by atoms with Crippen molar-refractivity contribution in [3.8, 4) is 0 Å². The molecule has 0 spiro atoms. The standard InChI is InChI=1S/C28H34F3NO2/c1-5-27(4)25-23(24(34-27)17-10-12-18(13-11-17)28(29,30)31)21(16-8-6-7-9-16)22-19(32-25)14-26(2,3)15-20(22)33/h10-13,16,20,24,33H,5-9,14-15H2,1-4H3. The highest BCUT2D eigenvalue weighted by molar-refractivity contribution is 5.53. The maximum Gasteiger partial charge on any atom is 0.416 e. The smallest absolute Gasteiger partial charge is 0.388 e. The maximum absolute atomic E-state index is 13.2. The summed E-state index contributed by atoms with van der Waals surface area (Å²) in [6.45, 7) is 8.44. The van der Waals surface area contributed by atoms with Crippen molar-refractivity contribution in [1.82, 2.24) is 4.98 Å². The lowest BCUT2D eigenvalue weighted by molar-refractivity contribution is -0.137. The van der Waals surface area contributed by atoms with E-state index in [9.17, 15) is 18.3 Å². The molecule has 0 radical (unpaired) electrons. The van der Waals surface area contributed by atoms with Crippen molar-refractivity contribution in [2.75, 3.05) is 0 Å². The minimum absolute atomic E-state index is 0.0461. The van der Waals surface area contributed by atoms with Gasteiger partial charge in [0.1, 0.15) is 11.7 Å². The number of fused-ring (bicyclic) bond motifs is 2. The van der Waals surface area contributed by atoms with Crippen molar-refractivity contribution in [1.29, 1.82) is 0 Å². The number of rotatable bonds is 3. The zero-order valence-corrected chi connectivity index (χ0v) is 20.4. The molecule has 1 aromatic carbocycles. The third-order valence-corrected chi connectivity index (χ3v) is 8.24. The van der Waals surface area contributed by atoms with Gasteiger partial charge in [-0.25, -0.2) is 0 Å². The molecule has 0 saturated heterocycles. The number of alkyl halides is 3. The van der Waals surface area contributed by atoms with E-state index in [1.54, 1.807) is 0 Å². The number of benzene rings is 1. The Balaban J connectivity index is 1.73. The molecule has 6 heteroatoms. The minimum atomic E-state index is -4.38. The van der Waals surface area contributed by atoms with E-state index in [4.69, 9.17) is 9.72 Å². The second-order valence-electron chi connectivity index (χ2n) is 11.4. The van der Waals surface area contributed by atoms with Crippen LogP contribution in [0, 0.1) is 5.41 Å². The summed E-state index contributed by atoms with van der Waals surface area (Å²) in [5, 5.41) is 11.3. The van der Waals surface area contributed by atoms with Crippen molar-refractivity contribution in [2.24, 2.45) is 5.41 Å². The molecule has 3 unspecified atom stereocenters. The van der Waals surface area contributed by atoms with Crippen molar-refractivity contribution in [3.63, 3.8) is 0 Å². The number of hydrogen-bond acceptors (Lipinski definition) is 3. The van der Waals surface area contributed by atoms with Gasteiger partial charge in [-0.2, -0.15) is 13.2 Å². The Morgan fingerprint density at radius 3 is 2.26 bits per heavy atom. The lowest BCUT2D eigenvalue weighted by Crippen LogP contribution is -2.30. The average molecular weight is 474 g/mol. The molecular weight excluding hydrogens is 439 g/mol. The molecule has 184 valence electrons. The molecule has 1 fully saturated rings. The van der Waals surface area contributed by atoms with E-state index >= 15 is 0 Å². The topological polar surface area (TPSA) is 42.4 Å². The summed E-state index contributed by atoms with van der Waals surface area (Å²) in [5.41, 5.74) is 4.38. The fourth-order valence-electron chi connectivity index (χ4n) is 6.37. The first-order chi connectivity index (χ1) is 15.9. The van der Waals surface area contributed by atoms with Gasteiger partial charge in [0.25, 0.3) is 0 Å². The highest BCUT2D eigenvalue weighted by Gasteiger charge is 2.48.